The van der Waals surface area contributed by atoms with E-state index >= 15 is 0 Å². The Labute approximate surface area is 103 Å². The SMILES string of the molecule is O=Cc1cc2ccc([N+](=O)[O-])cc2c(=O)n1Br. The summed E-state index contributed by atoms with van der Waals surface area (Å²) in [6.07, 6.45) is 0.525. The van der Waals surface area contributed by atoms with E-state index < -0.39 is 10.5 Å². The summed E-state index contributed by atoms with van der Waals surface area (Å²) >= 11 is 2.93. The lowest BCUT2D eigenvalue weighted by Crippen LogP contribution is -2.16. The molecule has 0 saturated heterocycles. The van der Waals surface area contributed by atoms with E-state index in [4.69, 9.17) is 0 Å². The molecular formula is C10H5BrN2O4. The number of nitrogens with zero attached hydrogens (tertiary/aromatic N) is 2. The molecule has 0 fully saturated rings. The minimum absolute atomic E-state index is 0.149. The predicted octanol–water partition coefficient (Wildman–Crippen LogP) is 1.88. The first-order valence-corrected chi connectivity index (χ1v) is 5.21. The van der Waals surface area contributed by atoms with Gasteiger partial charge in [-0.25, -0.2) is 3.59 Å². The summed E-state index contributed by atoms with van der Waals surface area (Å²) < 4.78 is 0.978. The first-order valence-electron chi connectivity index (χ1n) is 4.50. The van der Waals surface area contributed by atoms with Gasteiger partial charge in [0.05, 0.1) is 32.2 Å². The summed E-state index contributed by atoms with van der Waals surface area (Å²) in [5.41, 5.74) is -0.523. The highest BCUT2D eigenvalue weighted by Gasteiger charge is 2.11. The highest BCUT2D eigenvalue weighted by molar-refractivity contribution is 9.08. The number of pyridine rings is 1. The number of nitro benzene ring substituents is 1. The minimum Gasteiger partial charge on any atom is -0.296 e. The fourth-order valence-electron chi connectivity index (χ4n) is 1.49. The van der Waals surface area contributed by atoms with Crippen molar-refractivity contribution in [2.24, 2.45) is 0 Å². The first kappa shape index (κ1) is 11.5. The number of rotatable bonds is 2. The molecule has 0 amide bonds. The summed E-state index contributed by atoms with van der Waals surface area (Å²) in [4.78, 5) is 32.5. The molecular weight excluding hydrogens is 292 g/mol. The van der Waals surface area contributed by atoms with Gasteiger partial charge in [0, 0.05) is 12.1 Å². The van der Waals surface area contributed by atoms with Gasteiger partial charge in [0.1, 0.15) is 0 Å². The van der Waals surface area contributed by atoms with Crippen LogP contribution in [-0.4, -0.2) is 14.8 Å². The molecule has 7 heteroatoms. The van der Waals surface area contributed by atoms with Crippen molar-refractivity contribution in [1.82, 2.24) is 3.59 Å². The molecule has 1 aromatic carbocycles. The number of carbonyl (C=O) groups is 1. The Kier molecular flexibility index (Phi) is 2.76. The molecule has 0 aliphatic rings. The Morgan fingerprint density at radius 3 is 2.65 bits per heavy atom. The molecule has 6 nitrogen and oxygen atoms in total. The third-order valence-electron chi connectivity index (χ3n) is 2.31. The number of hydrogen-bond acceptors (Lipinski definition) is 4. The molecule has 0 atom stereocenters. The summed E-state index contributed by atoms with van der Waals surface area (Å²) in [6, 6.07) is 5.38. The van der Waals surface area contributed by atoms with Gasteiger partial charge in [0.15, 0.2) is 6.29 Å². The van der Waals surface area contributed by atoms with E-state index in [9.17, 15) is 19.7 Å². The second-order valence-corrected chi connectivity index (χ2v) is 4.01. The standard InChI is InChI=1S/C10H5BrN2O4/c11-12-8(5-14)3-6-1-2-7(13(16)17)4-9(6)10(12)15/h1-5H. The lowest BCUT2D eigenvalue weighted by Gasteiger charge is -2.02. The zero-order valence-electron chi connectivity index (χ0n) is 8.29. The van der Waals surface area contributed by atoms with E-state index in [1.807, 2.05) is 0 Å². The average Bonchev–Trinajstić information content (AvgIpc) is 2.33. The van der Waals surface area contributed by atoms with Gasteiger partial charge in [-0.1, -0.05) is 0 Å². The number of nitro groups is 1. The monoisotopic (exact) mass is 296 g/mol. The van der Waals surface area contributed by atoms with Crippen LogP contribution in [0.4, 0.5) is 5.69 Å². The summed E-state index contributed by atoms with van der Waals surface area (Å²) in [7, 11) is 0. The van der Waals surface area contributed by atoms with Crippen molar-refractivity contribution >= 4 is 38.9 Å². The van der Waals surface area contributed by atoms with Crippen LogP contribution in [0.2, 0.25) is 0 Å². The summed E-state index contributed by atoms with van der Waals surface area (Å²) in [5, 5.41) is 11.3. The van der Waals surface area contributed by atoms with Gasteiger partial charge in [-0.3, -0.25) is 19.7 Å². The maximum absolute atomic E-state index is 11.8. The number of benzene rings is 1. The maximum atomic E-state index is 11.8. The van der Waals surface area contributed by atoms with Crippen molar-refractivity contribution in [3.8, 4) is 0 Å². The van der Waals surface area contributed by atoms with Crippen LogP contribution in [0.3, 0.4) is 0 Å². The Morgan fingerprint density at radius 2 is 2.06 bits per heavy atom. The van der Waals surface area contributed by atoms with Crippen LogP contribution < -0.4 is 5.56 Å². The number of carbonyl (C=O) groups excluding carboxylic acids is 1. The highest BCUT2D eigenvalue weighted by atomic mass is 79.9. The molecule has 0 radical (unpaired) electrons. The minimum atomic E-state index is -0.578. The molecule has 0 bridgehead atoms. The van der Waals surface area contributed by atoms with Crippen LogP contribution >= 0.6 is 16.1 Å². The van der Waals surface area contributed by atoms with Crippen LogP contribution in [0.25, 0.3) is 10.8 Å². The molecule has 86 valence electrons. The third-order valence-corrected chi connectivity index (χ3v) is 3.04. The molecule has 0 aliphatic carbocycles. The topological polar surface area (TPSA) is 82.2 Å². The Balaban J connectivity index is 2.88. The van der Waals surface area contributed by atoms with Crippen molar-refractivity contribution in [2.45, 2.75) is 0 Å². The van der Waals surface area contributed by atoms with Crippen LogP contribution in [-0.2, 0) is 0 Å². The van der Waals surface area contributed by atoms with Gasteiger partial charge in [0.2, 0.25) is 0 Å². The lowest BCUT2D eigenvalue weighted by atomic mass is 10.1. The summed E-state index contributed by atoms with van der Waals surface area (Å²) in [5.74, 6) is 0. The van der Waals surface area contributed by atoms with Crippen molar-refractivity contribution in [3.05, 3.63) is 50.4 Å². The molecule has 1 heterocycles. The molecule has 0 aliphatic heterocycles. The van der Waals surface area contributed by atoms with Gasteiger partial charge < -0.3 is 0 Å². The Morgan fingerprint density at radius 1 is 1.35 bits per heavy atom. The number of halogens is 1. The molecule has 2 rings (SSSR count). The smallest absolute Gasteiger partial charge is 0.270 e. The van der Waals surface area contributed by atoms with Crippen LogP contribution in [0, 0.1) is 10.1 Å². The van der Waals surface area contributed by atoms with E-state index in [1.54, 1.807) is 0 Å². The van der Waals surface area contributed by atoms with Crippen LogP contribution in [0.5, 0.6) is 0 Å². The number of aromatic nitrogens is 1. The van der Waals surface area contributed by atoms with Gasteiger partial charge in [-0.05, 0) is 17.5 Å². The second kappa shape index (κ2) is 4.10. The van der Waals surface area contributed by atoms with Gasteiger partial charge in [0.25, 0.3) is 11.2 Å². The van der Waals surface area contributed by atoms with Gasteiger partial charge in [-0.2, -0.15) is 0 Å². The molecule has 2 aromatic rings. The van der Waals surface area contributed by atoms with Crippen LogP contribution in [0.15, 0.2) is 29.1 Å². The van der Waals surface area contributed by atoms with Crippen molar-refractivity contribution < 1.29 is 9.72 Å². The van der Waals surface area contributed by atoms with Crippen molar-refractivity contribution in [2.75, 3.05) is 0 Å². The maximum Gasteiger partial charge on any atom is 0.270 e. The van der Waals surface area contributed by atoms with E-state index in [0.29, 0.717) is 11.7 Å². The van der Waals surface area contributed by atoms with Gasteiger partial charge >= 0.3 is 0 Å². The quantitative estimate of drug-likeness (QED) is 0.481. The van der Waals surface area contributed by atoms with E-state index in [1.165, 1.54) is 24.3 Å². The van der Waals surface area contributed by atoms with Crippen LogP contribution in [0.1, 0.15) is 10.5 Å². The molecule has 1 aromatic heterocycles. The lowest BCUT2D eigenvalue weighted by molar-refractivity contribution is -0.384. The fourth-order valence-corrected chi connectivity index (χ4v) is 1.87. The number of hydrogen-bond donors (Lipinski definition) is 0. The summed E-state index contributed by atoms with van der Waals surface area (Å²) in [6.45, 7) is 0. The highest BCUT2D eigenvalue weighted by Crippen LogP contribution is 2.19. The zero-order valence-corrected chi connectivity index (χ0v) is 9.88. The van der Waals surface area contributed by atoms with Crippen molar-refractivity contribution in [3.63, 3.8) is 0 Å². The van der Waals surface area contributed by atoms with E-state index in [-0.39, 0.29) is 16.8 Å². The molecule has 0 spiro atoms. The number of non-ortho nitro benzene ring substituents is 1. The van der Waals surface area contributed by atoms with Gasteiger partial charge in [-0.15, -0.1) is 0 Å². The third kappa shape index (κ3) is 1.84. The predicted molar refractivity (Wildman–Crippen MR) is 64.6 cm³/mol. The fraction of sp³-hybridized carbons (Fsp3) is 0. The Bertz CT molecular complexity index is 693. The number of fused-ring (bicyclic) bond motifs is 1. The largest absolute Gasteiger partial charge is 0.296 e. The normalized spacial score (nSPS) is 10.4. The first-order chi connectivity index (χ1) is 8.04. The average molecular weight is 297 g/mol. The van der Waals surface area contributed by atoms with Crippen molar-refractivity contribution in [1.29, 1.82) is 0 Å². The molecule has 17 heavy (non-hydrogen) atoms. The van der Waals surface area contributed by atoms with E-state index in [2.05, 4.69) is 16.1 Å². The number of aldehydes is 1. The molecule has 0 saturated carbocycles. The second-order valence-electron chi connectivity index (χ2n) is 3.30. The zero-order chi connectivity index (χ0) is 12.6. The van der Waals surface area contributed by atoms with E-state index in [0.717, 1.165) is 3.59 Å². The molecule has 0 N–H and O–H groups in total. The Hall–Kier alpha value is -2.02. The molecule has 0 unspecified atom stereocenters.